The Hall–Kier alpha value is -0.746. The lowest BCUT2D eigenvalue weighted by Gasteiger charge is -2.27. The van der Waals surface area contributed by atoms with E-state index in [4.69, 9.17) is 37.3 Å². The van der Waals surface area contributed by atoms with Gasteiger partial charge < -0.3 is 29.9 Å². The smallest absolute Gasteiger partial charge is 0.119 e. The van der Waals surface area contributed by atoms with Crippen LogP contribution in [-0.4, -0.2) is 93.7 Å². The highest BCUT2D eigenvalue weighted by Crippen LogP contribution is 2.20. The molecule has 8 heteroatoms. The normalized spacial score (nSPS) is 16.7. The summed E-state index contributed by atoms with van der Waals surface area (Å²) in [6.07, 6.45) is 0.240. The molecule has 0 heterocycles. The minimum Gasteiger partial charge on any atom is -0.491 e. The third kappa shape index (κ3) is 11.1. The van der Waals surface area contributed by atoms with E-state index in [1.807, 2.05) is 6.92 Å². The van der Waals surface area contributed by atoms with Crippen molar-refractivity contribution in [2.24, 2.45) is 5.41 Å². The monoisotopic (exact) mass is 416 g/mol. The van der Waals surface area contributed by atoms with Crippen molar-refractivity contribution in [2.45, 2.75) is 31.9 Å². The summed E-state index contributed by atoms with van der Waals surface area (Å²) in [5, 5.41) is 36.3. The molecular weight excluding hydrogens is 368 g/mol. The Bertz CT molecular complexity index is 603. The predicted octanol–water partition coefficient (Wildman–Crippen LogP) is -2.03. The summed E-state index contributed by atoms with van der Waals surface area (Å²) >= 11 is 0. The Labute approximate surface area is 170 Å². The van der Waals surface area contributed by atoms with Crippen molar-refractivity contribution in [1.29, 1.82) is 7.41 Å². The average Bonchev–Trinajstić information content (AvgIpc) is 2.74. The largest absolute Gasteiger partial charge is 0.491 e. The molecule has 1 atom stereocenters. The molecule has 1 rings (SSSR count). The highest BCUT2D eigenvalue weighted by Gasteiger charge is 2.26. The molecule has 0 amide bonds. The predicted molar refractivity (Wildman–Crippen MR) is 112 cm³/mol. The Kier molecular flexibility index (Phi) is 9.57. The highest BCUT2D eigenvalue weighted by molar-refractivity contribution is 6.32. The van der Waals surface area contributed by atoms with Crippen molar-refractivity contribution in [1.82, 2.24) is 0 Å². The van der Waals surface area contributed by atoms with Crippen molar-refractivity contribution < 1.29 is 29.9 Å². The molecule has 0 saturated carbocycles. The number of hydrogen-bond donors (Lipinski definition) is 4. The first-order chi connectivity index (χ1) is 14.8. The molecule has 26 heavy (non-hydrogen) atoms. The fourth-order valence-electron chi connectivity index (χ4n) is 1.73. The van der Waals surface area contributed by atoms with Gasteiger partial charge in [-0.1, -0.05) is 30.3 Å². The van der Waals surface area contributed by atoms with Crippen LogP contribution in [0.4, 0.5) is 0 Å². The van der Waals surface area contributed by atoms with E-state index in [1.165, 1.54) is 12.1 Å². The molecule has 0 aromatic heterocycles. The van der Waals surface area contributed by atoms with Crippen LogP contribution >= 0.6 is 0 Å². The van der Waals surface area contributed by atoms with Crippen molar-refractivity contribution in [3.05, 3.63) is 24.3 Å². The molecule has 0 spiro atoms. The van der Waals surface area contributed by atoms with E-state index in [0.717, 1.165) is 0 Å². The van der Waals surface area contributed by atoms with Crippen LogP contribution in [0.5, 0.6) is 5.75 Å². The van der Waals surface area contributed by atoms with Crippen LogP contribution < -0.4 is 9.92 Å². The minimum absolute atomic E-state index is 0.0129. The van der Waals surface area contributed by atoms with E-state index in [9.17, 15) is 0 Å². The van der Waals surface area contributed by atoms with Crippen molar-refractivity contribution in [2.75, 3.05) is 39.6 Å². The first-order valence-electron chi connectivity index (χ1n) is 11.6. The van der Waals surface area contributed by atoms with Crippen LogP contribution in [0.1, 0.15) is 19.8 Å². The van der Waals surface area contributed by atoms with Crippen molar-refractivity contribution in [3.63, 3.8) is 0 Å². The van der Waals surface area contributed by atoms with Crippen LogP contribution in [0.3, 0.4) is 0 Å². The number of ether oxygens (including phenoxy) is 2. The van der Waals surface area contributed by atoms with Gasteiger partial charge in [-0.3, -0.25) is 0 Å². The maximum absolute atomic E-state index is 9.14. The molecule has 152 valence electrons. The second-order valence-electron chi connectivity index (χ2n) is 6.00. The van der Waals surface area contributed by atoms with E-state index >= 15 is 0 Å². The third-order valence-corrected chi connectivity index (χ3v) is 4.49. The molecule has 0 saturated heterocycles. The molecule has 1 aromatic rings. The van der Waals surface area contributed by atoms with E-state index in [1.54, 1.807) is 12.1 Å². The van der Waals surface area contributed by atoms with Crippen LogP contribution in [0.2, 0.25) is 6.04 Å². The van der Waals surface area contributed by atoms with E-state index < -0.39 is 31.6 Å². The van der Waals surface area contributed by atoms with Gasteiger partial charge in [0.15, 0.2) is 0 Å². The topological polar surface area (TPSA) is 99.4 Å². The van der Waals surface area contributed by atoms with Crippen LogP contribution in [0, 0.1) is 5.41 Å². The average molecular weight is 417 g/mol. The summed E-state index contributed by atoms with van der Waals surface area (Å²) in [7, 11) is -6.71. The Morgan fingerprint density at radius 1 is 1.19 bits per heavy atom. The van der Waals surface area contributed by atoms with E-state index in [-0.39, 0.29) is 39.1 Å². The summed E-state index contributed by atoms with van der Waals surface area (Å²) < 4.78 is 53.8. The second-order valence-corrected chi connectivity index (χ2v) is 7.08. The fraction of sp³-hybridized carbons (Fsp3) is 0.667. The fourth-order valence-corrected chi connectivity index (χ4v) is 2.04. The second kappa shape index (κ2) is 15.3. The number of aliphatic hydroxyl groups excluding tert-OH is 4. The molecule has 0 radical (unpaired) electrons. The molecule has 6 nitrogen and oxygen atoms in total. The molecular formula is C18H36O6Si2. The van der Waals surface area contributed by atoms with Crippen LogP contribution in [0.15, 0.2) is 24.3 Å². The number of benzene rings is 1. The quantitative estimate of drug-likeness (QED) is 0.206. The Balaban J connectivity index is 0.000000601. The number of aliphatic hydroxyl groups is 4. The minimum atomic E-state index is -3.50. The maximum atomic E-state index is 9.14. The van der Waals surface area contributed by atoms with Gasteiger partial charge in [-0.2, -0.15) is 0 Å². The van der Waals surface area contributed by atoms with Crippen molar-refractivity contribution in [3.8, 4) is 5.75 Å². The summed E-state index contributed by atoms with van der Waals surface area (Å²) in [5.74, 6) is 0.481. The van der Waals surface area contributed by atoms with Gasteiger partial charge in [-0.15, -0.1) is 0 Å². The zero-order valence-corrected chi connectivity index (χ0v) is 17.4. The Morgan fingerprint density at radius 3 is 2.38 bits per heavy atom. The lowest BCUT2D eigenvalue weighted by Crippen LogP contribution is -2.34. The first-order valence-corrected chi connectivity index (χ1v) is 9.85. The van der Waals surface area contributed by atoms with Crippen LogP contribution in [0.25, 0.3) is 0 Å². The lowest BCUT2D eigenvalue weighted by atomic mass is 9.88. The summed E-state index contributed by atoms with van der Waals surface area (Å²) in [5.41, 5.74) is -0.586. The molecule has 0 aliphatic carbocycles. The summed E-state index contributed by atoms with van der Waals surface area (Å²) in [4.78, 5) is 0. The van der Waals surface area contributed by atoms with E-state index in [0.29, 0.717) is 30.4 Å². The summed E-state index contributed by atoms with van der Waals surface area (Å²) in [6.45, 7) is 1.93. The van der Waals surface area contributed by atoms with Gasteiger partial charge in [0.25, 0.3) is 0 Å². The van der Waals surface area contributed by atoms with Gasteiger partial charge in [-0.05, 0) is 25.0 Å². The molecule has 0 aliphatic heterocycles. The third-order valence-electron chi connectivity index (χ3n) is 3.80. The molecule has 1 aromatic carbocycles. The number of rotatable bonds is 14. The summed E-state index contributed by atoms with van der Waals surface area (Å²) in [6, 6.07) is 6.40. The molecule has 1 unspecified atom stereocenters. The van der Waals surface area contributed by atoms with Gasteiger partial charge >= 0.3 is 0 Å². The highest BCUT2D eigenvalue weighted by atomic mass is 28.1. The first kappa shape index (κ1) is 16.2. The molecule has 4 N–H and O–H groups in total. The molecule has 0 aliphatic rings. The molecule has 0 fully saturated rings. The number of hydrogen-bond acceptors (Lipinski definition) is 6. The van der Waals surface area contributed by atoms with E-state index in [2.05, 4.69) is 0 Å². The SMILES string of the molecule is [3H][Si]([3H])([3H])CCCOCC(CC)(CO)CO.[3H][Si]([3H])([3H])c1ccc(OCC(O)CO)cc1. The van der Waals surface area contributed by atoms with Crippen LogP contribution in [-0.2, 0) is 4.74 Å². The zero-order valence-electron chi connectivity index (χ0n) is 21.4. The van der Waals surface area contributed by atoms with Gasteiger partial charge in [0.2, 0.25) is 0 Å². The van der Waals surface area contributed by atoms with Crippen molar-refractivity contribution >= 4 is 25.3 Å². The maximum Gasteiger partial charge on any atom is 0.119 e. The standard InChI is InChI=1S/C9H14O3Si.C9H22O3Si/c10-5-7(11)6-12-8-1-3-9(13)4-2-8;1-2-9(6-10,7-11)8-12-4-3-5-13/h1-4,7,10-11H,5-6H2,13H3;10-11H,2-8H2,1,13H3/i2*13T3. The molecule has 0 bridgehead atoms. The van der Waals surface area contributed by atoms with Gasteiger partial charge in [0.1, 0.15) is 18.5 Å². The van der Waals surface area contributed by atoms with Gasteiger partial charge in [0.05, 0.1) is 26.4 Å². The Morgan fingerprint density at radius 2 is 1.88 bits per heavy atom. The lowest BCUT2D eigenvalue weighted by molar-refractivity contribution is -0.0296. The zero-order chi connectivity index (χ0) is 24.8. The van der Waals surface area contributed by atoms with Gasteiger partial charge in [-0.25, -0.2) is 0 Å². The van der Waals surface area contributed by atoms with Gasteiger partial charge in [0, 0.05) is 39.5 Å².